The number of rotatable bonds is 9. The number of amides is 1. The molecule has 0 aromatic carbocycles. The smallest absolute Gasteiger partial charge is 0.332 e. The highest BCUT2D eigenvalue weighted by Gasteiger charge is 2.71. The summed E-state index contributed by atoms with van der Waals surface area (Å²) in [6, 6.07) is 0. The van der Waals surface area contributed by atoms with Gasteiger partial charge < -0.3 is 36.1 Å². The number of hydrogen-bond donors (Lipinski definition) is 7. The van der Waals surface area contributed by atoms with Crippen LogP contribution in [0.15, 0.2) is 15.8 Å². The van der Waals surface area contributed by atoms with Gasteiger partial charge in [-0.3, -0.25) is 14.6 Å². The van der Waals surface area contributed by atoms with Crippen molar-refractivity contribution in [3.8, 4) is 0 Å². The number of aliphatic hydroxyl groups excluding tert-OH is 2. The first kappa shape index (κ1) is 24.1. The molecule has 2 heterocycles. The molecule has 170 valence electrons. The summed E-state index contributed by atoms with van der Waals surface area (Å²) in [5, 5.41) is 51.6. The normalized spacial score (nSPS) is 30.0. The summed E-state index contributed by atoms with van der Waals surface area (Å²) in [5.41, 5.74) is -1.93. The van der Waals surface area contributed by atoms with Gasteiger partial charge in [0.1, 0.15) is 17.8 Å². The Bertz CT molecular complexity index is 892. The number of aromatic amines is 1. The Morgan fingerprint density at radius 1 is 1.43 bits per heavy atom. The van der Waals surface area contributed by atoms with Crippen molar-refractivity contribution in [2.75, 3.05) is 6.61 Å². The van der Waals surface area contributed by atoms with E-state index in [0.29, 0.717) is 19.0 Å². The first-order valence-corrected chi connectivity index (χ1v) is 9.15. The maximum absolute atomic E-state index is 14.6. The largest absolute Gasteiger partial charge is 0.394 e. The van der Waals surface area contributed by atoms with Crippen LogP contribution in [0.5, 0.6) is 0 Å². The zero-order valence-corrected chi connectivity index (χ0v) is 16.1. The van der Waals surface area contributed by atoms with Gasteiger partial charge in [-0.15, -0.1) is 5.06 Å². The molecule has 8 N–H and O–H groups in total. The van der Waals surface area contributed by atoms with Gasteiger partial charge in [0.05, 0.1) is 6.61 Å². The van der Waals surface area contributed by atoms with Crippen LogP contribution in [0.4, 0.5) is 4.39 Å². The fraction of sp³-hybridized carbons (Fsp3) is 0.688. The van der Waals surface area contributed by atoms with Crippen LogP contribution in [0.1, 0.15) is 43.0 Å². The first-order chi connectivity index (χ1) is 13.9. The number of nitrogens with zero attached hydrogens (tertiary/aromatic N) is 2. The van der Waals surface area contributed by atoms with Crippen LogP contribution in [0.25, 0.3) is 0 Å². The molecule has 1 saturated heterocycles. The van der Waals surface area contributed by atoms with E-state index >= 15 is 0 Å². The number of hydrogen-bond acceptors (Lipinski definition) is 10. The van der Waals surface area contributed by atoms with Crippen molar-refractivity contribution in [1.82, 2.24) is 14.6 Å². The SMILES string of the molecule is CCCCCC(F)N(O)[C@@]1(O)[C@H](O)[C@@H](CO)O[C@@]1(O)n1cc(C(N)=O)c(=O)[nH]c1=O. The van der Waals surface area contributed by atoms with Gasteiger partial charge in [-0.05, 0) is 12.8 Å². The summed E-state index contributed by atoms with van der Waals surface area (Å²) in [7, 11) is 0. The van der Waals surface area contributed by atoms with Crippen LogP contribution in [0, 0.1) is 0 Å². The van der Waals surface area contributed by atoms with Crippen LogP contribution in [-0.2, 0) is 10.6 Å². The summed E-state index contributed by atoms with van der Waals surface area (Å²) < 4.78 is 19.7. The zero-order valence-electron chi connectivity index (χ0n) is 16.1. The summed E-state index contributed by atoms with van der Waals surface area (Å²) in [4.78, 5) is 37.1. The predicted molar refractivity (Wildman–Crippen MR) is 95.6 cm³/mol. The lowest BCUT2D eigenvalue weighted by Gasteiger charge is -2.43. The number of aliphatic hydroxyl groups is 4. The quantitative estimate of drug-likeness (QED) is 0.0917. The molecule has 2 rings (SSSR count). The van der Waals surface area contributed by atoms with Crippen LogP contribution >= 0.6 is 0 Å². The highest BCUT2D eigenvalue weighted by molar-refractivity contribution is 5.91. The maximum atomic E-state index is 14.6. The summed E-state index contributed by atoms with van der Waals surface area (Å²) in [5.74, 6) is -4.77. The predicted octanol–water partition coefficient (Wildman–Crippen LogP) is -2.75. The average molecular weight is 436 g/mol. The van der Waals surface area contributed by atoms with E-state index in [1.807, 2.05) is 6.92 Å². The number of unbranched alkanes of at least 4 members (excludes halogenated alkanes) is 2. The van der Waals surface area contributed by atoms with Crippen LogP contribution < -0.4 is 17.0 Å². The Kier molecular flexibility index (Phi) is 7.13. The molecule has 0 bridgehead atoms. The number of nitrogens with one attached hydrogen (secondary N) is 1. The standard InChI is InChI=1S/C16H25FN4O9/c1-2-3-4-5-10(17)21(29)15(27)11(23)9(7-22)30-16(15,28)20-6-8(12(18)24)13(25)19-14(20)26/h6,9-11,22-23,27-29H,2-5,7H2,1H3,(H2,18,24)(H,19,25,26)/t9-,10?,11-,15-,16-/m1/s1. The topological polar surface area (TPSA) is 212 Å². The van der Waals surface area contributed by atoms with Crippen molar-refractivity contribution in [2.45, 2.75) is 62.7 Å². The molecule has 0 saturated carbocycles. The summed E-state index contributed by atoms with van der Waals surface area (Å²) in [6.07, 6.45) is -4.81. The number of hydroxylamine groups is 2. The van der Waals surface area contributed by atoms with E-state index < -0.39 is 64.5 Å². The third-order valence-electron chi connectivity index (χ3n) is 4.93. The second kappa shape index (κ2) is 8.89. The van der Waals surface area contributed by atoms with Crippen LogP contribution in [-0.4, -0.2) is 77.0 Å². The number of nitrogens with two attached hydrogens (primary N) is 1. The van der Waals surface area contributed by atoms with Crippen molar-refractivity contribution in [3.05, 3.63) is 32.6 Å². The molecule has 1 amide bonds. The van der Waals surface area contributed by atoms with E-state index in [1.54, 1.807) is 4.98 Å². The second-order valence-corrected chi connectivity index (χ2v) is 6.93. The number of primary amides is 1. The Morgan fingerprint density at radius 3 is 2.60 bits per heavy atom. The lowest BCUT2D eigenvalue weighted by Crippen LogP contribution is -2.70. The second-order valence-electron chi connectivity index (χ2n) is 6.93. The molecule has 1 fully saturated rings. The monoisotopic (exact) mass is 436 g/mol. The molecule has 1 aromatic rings. The molecule has 5 atom stereocenters. The van der Waals surface area contributed by atoms with Gasteiger partial charge in [0, 0.05) is 6.20 Å². The minimum atomic E-state index is -3.45. The number of H-pyrrole nitrogens is 1. The average Bonchev–Trinajstić information content (AvgIpc) is 2.89. The number of aromatic nitrogens is 2. The van der Waals surface area contributed by atoms with Gasteiger partial charge in [-0.25, -0.2) is 13.8 Å². The molecule has 0 spiro atoms. The van der Waals surface area contributed by atoms with Gasteiger partial charge >= 0.3 is 11.6 Å². The highest BCUT2D eigenvalue weighted by Crippen LogP contribution is 2.44. The summed E-state index contributed by atoms with van der Waals surface area (Å²) in [6.45, 7) is 0.822. The molecule has 0 radical (unpaired) electrons. The fourth-order valence-electron chi connectivity index (χ4n) is 3.24. The molecule has 0 aliphatic carbocycles. The van der Waals surface area contributed by atoms with Crippen molar-refractivity contribution < 1.29 is 39.6 Å². The van der Waals surface area contributed by atoms with Gasteiger partial charge in [-0.1, -0.05) is 19.8 Å². The van der Waals surface area contributed by atoms with E-state index in [2.05, 4.69) is 0 Å². The van der Waals surface area contributed by atoms with Crippen molar-refractivity contribution in [3.63, 3.8) is 0 Å². The Labute approximate surface area is 168 Å². The number of halogens is 1. The van der Waals surface area contributed by atoms with Crippen molar-refractivity contribution >= 4 is 5.91 Å². The number of ether oxygens (including phenoxy) is 1. The third-order valence-corrected chi connectivity index (χ3v) is 4.93. The van der Waals surface area contributed by atoms with E-state index in [4.69, 9.17) is 10.5 Å². The molecule has 14 heteroatoms. The number of carbonyl (C=O) groups is 1. The number of carbonyl (C=O) groups excluding carboxylic acids is 1. The number of alkyl halides is 1. The zero-order chi connectivity index (χ0) is 22.9. The van der Waals surface area contributed by atoms with E-state index in [-0.39, 0.29) is 17.4 Å². The van der Waals surface area contributed by atoms with Crippen LogP contribution in [0.3, 0.4) is 0 Å². The van der Waals surface area contributed by atoms with Crippen molar-refractivity contribution in [2.24, 2.45) is 5.73 Å². The van der Waals surface area contributed by atoms with Gasteiger partial charge in [0.15, 0.2) is 6.30 Å². The first-order valence-electron chi connectivity index (χ1n) is 9.15. The van der Waals surface area contributed by atoms with E-state index in [1.165, 1.54) is 0 Å². The molecule has 1 unspecified atom stereocenters. The lowest BCUT2D eigenvalue weighted by atomic mass is 10.00. The van der Waals surface area contributed by atoms with E-state index in [9.17, 15) is 44.4 Å². The molecule has 30 heavy (non-hydrogen) atoms. The molecule has 1 aromatic heterocycles. The minimum Gasteiger partial charge on any atom is -0.394 e. The highest BCUT2D eigenvalue weighted by atomic mass is 19.1. The molecule has 1 aliphatic heterocycles. The van der Waals surface area contributed by atoms with Crippen LogP contribution in [0.2, 0.25) is 0 Å². The van der Waals surface area contributed by atoms with Gasteiger partial charge in [-0.2, -0.15) is 0 Å². The molecular formula is C16H25FN4O9. The Balaban J connectivity index is 2.63. The minimum absolute atomic E-state index is 0.0509. The van der Waals surface area contributed by atoms with Crippen molar-refractivity contribution in [1.29, 1.82) is 0 Å². The Morgan fingerprint density at radius 2 is 2.07 bits per heavy atom. The fourth-order valence-corrected chi connectivity index (χ4v) is 3.24. The molecule has 13 nitrogen and oxygen atoms in total. The lowest BCUT2D eigenvalue weighted by molar-refractivity contribution is -0.428. The molecule has 1 aliphatic rings. The van der Waals surface area contributed by atoms with Gasteiger partial charge in [0.25, 0.3) is 11.5 Å². The third kappa shape index (κ3) is 3.78. The Hall–Kier alpha value is -2.20. The molecular weight excluding hydrogens is 411 g/mol. The van der Waals surface area contributed by atoms with Gasteiger partial charge in [0.2, 0.25) is 5.72 Å². The summed E-state index contributed by atoms with van der Waals surface area (Å²) >= 11 is 0. The maximum Gasteiger partial charge on any atom is 0.332 e. The van der Waals surface area contributed by atoms with E-state index in [0.717, 1.165) is 0 Å².